The van der Waals surface area contributed by atoms with Gasteiger partial charge in [-0.1, -0.05) is 0 Å². The second-order valence-corrected chi connectivity index (χ2v) is 5.42. The van der Waals surface area contributed by atoms with Crippen LogP contribution in [0.1, 0.15) is 21.5 Å². The molecule has 2 aromatic rings. The molecular weight excluding hydrogens is 322 g/mol. The van der Waals surface area contributed by atoms with Crippen molar-refractivity contribution in [3.8, 4) is 23.0 Å². The number of nitrogens with one attached hydrogen (secondary N) is 1. The molecule has 0 saturated heterocycles. The summed E-state index contributed by atoms with van der Waals surface area (Å²) in [5.74, 6) is 2.19. The predicted octanol–water partition coefficient (Wildman–Crippen LogP) is 2.96. The Morgan fingerprint density at radius 1 is 0.840 bits per heavy atom. The summed E-state index contributed by atoms with van der Waals surface area (Å²) in [7, 11) is 6.26. The first kappa shape index (κ1) is 18.4. The van der Waals surface area contributed by atoms with Crippen molar-refractivity contribution in [2.75, 3.05) is 28.4 Å². The van der Waals surface area contributed by atoms with Crippen molar-refractivity contribution in [1.82, 2.24) is 5.32 Å². The maximum absolute atomic E-state index is 12.5. The molecular formula is C19H23NO5. The maximum Gasteiger partial charge on any atom is 0.251 e. The normalized spacial score (nSPS) is 10.1. The smallest absolute Gasteiger partial charge is 0.251 e. The Hall–Kier alpha value is -2.89. The first-order chi connectivity index (χ1) is 12.0. The van der Waals surface area contributed by atoms with Crippen LogP contribution < -0.4 is 24.3 Å². The monoisotopic (exact) mass is 345 g/mol. The van der Waals surface area contributed by atoms with Crippen LogP contribution in [-0.2, 0) is 6.54 Å². The molecule has 6 heteroatoms. The van der Waals surface area contributed by atoms with E-state index in [-0.39, 0.29) is 5.91 Å². The fraction of sp³-hybridized carbons (Fsp3) is 0.316. The number of hydrogen-bond donors (Lipinski definition) is 1. The molecule has 0 radical (unpaired) electrons. The lowest BCUT2D eigenvalue weighted by Crippen LogP contribution is -2.23. The number of rotatable bonds is 7. The SMILES string of the molecule is COc1cc(OC)cc(C(=O)NCc2cc(OC)c(OC)cc2C)c1. The van der Waals surface area contributed by atoms with Crippen LogP contribution in [0.4, 0.5) is 0 Å². The van der Waals surface area contributed by atoms with E-state index in [2.05, 4.69) is 5.32 Å². The Morgan fingerprint density at radius 3 is 1.92 bits per heavy atom. The summed E-state index contributed by atoms with van der Waals surface area (Å²) in [5, 5.41) is 2.90. The number of carbonyl (C=O) groups excluding carboxylic acids is 1. The van der Waals surface area contributed by atoms with Gasteiger partial charge in [0.25, 0.3) is 5.91 Å². The minimum Gasteiger partial charge on any atom is -0.497 e. The van der Waals surface area contributed by atoms with Crippen LogP contribution in [0, 0.1) is 6.92 Å². The van der Waals surface area contributed by atoms with Gasteiger partial charge in [-0.15, -0.1) is 0 Å². The van der Waals surface area contributed by atoms with E-state index in [1.54, 1.807) is 46.6 Å². The lowest BCUT2D eigenvalue weighted by molar-refractivity contribution is 0.0950. The number of amides is 1. The number of methoxy groups -OCH3 is 4. The molecule has 0 bridgehead atoms. The summed E-state index contributed by atoms with van der Waals surface area (Å²) in [6.45, 7) is 2.32. The fourth-order valence-electron chi connectivity index (χ4n) is 2.43. The highest BCUT2D eigenvalue weighted by molar-refractivity contribution is 5.95. The van der Waals surface area contributed by atoms with Crippen LogP contribution in [0.25, 0.3) is 0 Å². The summed E-state index contributed by atoms with van der Waals surface area (Å²) >= 11 is 0. The summed E-state index contributed by atoms with van der Waals surface area (Å²) in [6.07, 6.45) is 0. The minimum atomic E-state index is -0.216. The summed E-state index contributed by atoms with van der Waals surface area (Å²) < 4.78 is 21.0. The molecule has 0 heterocycles. The number of ether oxygens (including phenoxy) is 4. The van der Waals surface area contributed by atoms with Crippen molar-refractivity contribution < 1.29 is 23.7 Å². The largest absolute Gasteiger partial charge is 0.497 e. The standard InChI is InChI=1S/C19H23NO5/c1-12-6-17(24-4)18(25-5)9-14(12)11-20-19(21)13-7-15(22-2)10-16(8-13)23-3/h6-10H,11H2,1-5H3,(H,20,21). The molecule has 2 rings (SSSR count). The van der Waals surface area contributed by atoms with Gasteiger partial charge in [0.1, 0.15) is 11.5 Å². The fourth-order valence-corrected chi connectivity index (χ4v) is 2.43. The van der Waals surface area contributed by atoms with Crippen LogP contribution in [-0.4, -0.2) is 34.3 Å². The summed E-state index contributed by atoms with van der Waals surface area (Å²) in [5.41, 5.74) is 2.41. The first-order valence-electron chi connectivity index (χ1n) is 7.75. The molecule has 0 aliphatic carbocycles. The molecule has 134 valence electrons. The van der Waals surface area contributed by atoms with E-state index in [0.29, 0.717) is 35.1 Å². The molecule has 0 atom stereocenters. The molecule has 0 fully saturated rings. The van der Waals surface area contributed by atoms with Gasteiger partial charge in [-0.25, -0.2) is 0 Å². The van der Waals surface area contributed by atoms with Crippen molar-refractivity contribution in [1.29, 1.82) is 0 Å². The maximum atomic E-state index is 12.5. The summed E-state index contributed by atoms with van der Waals surface area (Å²) in [6, 6.07) is 8.80. The molecule has 6 nitrogen and oxygen atoms in total. The highest BCUT2D eigenvalue weighted by atomic mass is 16.5. The Labute approximate surface area is 147 Å². The second-order valence-electron chi connectivity index (χ2n) is 5.42. The van der Waals surface area contributed by atoms with Gasteiger partial charge in [0.05, 0.1) is 28.4 Å². The molecule has 0 unspecified atom stereocenters. The van der Waals surface area contributed by atoms with Gasteiger partial charge >= 0.3 is 0 Å². The lowest BCUT2D eigenvalue weighted by atomic mass is 10.1. The first-order valence-corrected chi connectivity index (χ1v) is 7.75. The van der Waals surface area contributed by atoms with Crippen molar-refractivity contribution in [3.63, 3.8) is 0 Å². The Kier molecular flexibility index (Phi) is 6.11. The van der Waals surface area contributed by atoms with Gasteiger partial charge in [0.15, 0.2) is 11.5 Å². The molecule has 1 amide bonds. The third-order valence-corrected chi connectivity index (χ3v) is 3.90. The van der Waals surface area contributed by atoms with Crippen LogP contribution in [0.5, 0.6) is 23.0 Å². The Morgan fingerprint density at radius 2 is 1.40 bits per heavy atom. The second kappa shape index (κ2) is 8.28. The van der Waals surface area contributed by atoms with Gasteiger partial charge in [0, 0.05) is 18.2 Å². The molecule has 25 heavy (non-hydrogen) atoms. The number of carbonyl (C=O) groups is 1. The topological polar surface area (TPSA) is 66.0 Å². The van der Waals surface area contributed by atoms with Crippen molar-refractivity contribution in [2.45, 2.75) is 13.5 Å². The molecule has 0 spiro atoms. The van der Waals surface area contributed by atoms with Crippen molar-refractivity contribution >= 4 is 5.91 Å². The van der Waals surface area contributed by atoms with E-state index in [1.807, 2.05) is 19.1 Å². The highest BCUT2D eigenvalue weighted by Crippen LogP contribution is 2.30. The van der Waals surface area contributed by atoms with Crippen molar-refractivity contribution in [2.24, 2.45) is 0 Å². The van der Waals surface area contributed by atoms with E-state index in [0.717, 1.165) is 11.1 Å². The highest BCUT2D eigenvalue weighted by Gasteiger charge is 2.12. The molecule has 0 aliphatic heterocycles. The van der Waals surface area contributed by atoms with E-state index >= 15 is 0 Å². The van der Waals surface area contributed by atoms with E-state index in [4.69, 9.17) is 18.9 Å². The van der Waals surface area contributed by atoms with Crippen LogP contribution in [0.3, 0.4) is 0 Å². The molecule has 0 saturated carbocycles. The van der Waals surface area contributed by atoms with Crippen LogP contribution >= 0.6 is 0 Å². The third-order valence-electron chi connectivity index (χ3n) is 3.90. The predicted molar refractivity (Wildman–Crippen MR) is 95.0 cm³/mol. The van der Waals surface area contributed by atoms with Gasteiger partial charge < -0.3 is 24.3 Å². The number of hydrogen-bond acceptors (Lipinski definition) is 5. The van der Waals surface area contributed by atoms with Crippen molar-refractivity contribution in [3.05, 3.63) is 47.0 Å². The molecule has 0 aromatic heterocycles. The quantitative estimate of drug-likeness (QED) is 0.836. The Balaban J connectivity index is 2.17. The zero-order chi connectivity index (χ0) is 18.4. The van der Waals surface area contributed by atoms with Gasteiger partial charge in [-0.2, -0.15) is 0 Å². The Bertz CT molecular complexity index is 735. The van der Waals surface area contributed by atoms with E-state index in [9.17, 15) is 4.79 Å². The van der Waals surface area contributed by atoms with E-state index in [1.165, 1.54) is 0 Å². The van der Waals surface area contributed by atoms with Crippen LogP contribution in [0.2, 0.25) is 0 Å². The lowest BCUT2D eigenvalue weighted by Gasteiger charge is -2.14. The van der Waals surface area contributed by atoms with Gasteiger partial charge in [-0.3, -0.25) is 4.79 Å². The number of benzene rings is 2. The zero-order valence-electron chi connectivity index (χ0n) is 15.1. The molecule has 2 aromatic carbocycles. The van der Waals surface area contributed by atoms with Gasteiger partial charge in [0.2, 0.25) is 0 Å². The average molecular weight is 345 g/mol. The number of aryl methyl sites for hydroxylation is 1. The van der Waals surface area contributed by atoms with Gasteiger partial charge in [-0.05, 0) is 42.3 Å². The third kappa shape index (κ3) is 4.35. The molecule has 1 N–H and O–H groups in total. The average Bonchev–Trinajstić information content (AvgIpc) is 2.65. The van der Waals surface area contributed by atoms with E-state index < -0.39 is 0 Å². The molecule has 0 aliphatic rings. The van der Waals surface area contributed by atoms with Crippen LogP contribution in [0.15, 0.2) is 30.3 Å². The zero-order valence-corrected chi connectivity index (χ0v) is 15.1. The summed E-state index contributed by atoms with van der Waals surface area (Å²) in [4.78, 5) is 12.5. The minimum absolute atomic E-state index is 0.216.